The zero-order valence-electron chi connectivity index (χ0n) is 11.4. The number of thiocarbonyl (C=S) groups is 1. The van der Waals surface area contributed by atoms with Gasteiger partial charge in [-0.15, -0.1) is 0 Å². The molecule has 0 aliphatic carbocycles. The summed E-state index contributed by atoms with van der Waals surface area (Å²) < 4.78 is 2.04. The van der Waals surface area contributed by atoms with Crippen LogP contribution in [0.5, 0.6) is 0 Å². The van der Waals surface area contributed by atoms with Gasteiger partial charge in [0.05, 0.1) is 6.33 Å². The Morgan fingerprint density at radius 3 is 2.52 bits per heavy atom. The topological polar surface area (TPSA) is 43.8 Å². The van der Waals surface area contributed by atoms with Crippen LogP contribution in [-0.4, -0.2) is 14.5 Å². The third kappa shape index (κ3) is 3.01. The Kier molecular flexibility index (Phi) is 3.79. The molecular weight excluding hydrogens is 278 g/mol. The third-order valence-corrected chi connectivity index (χ3v) is 3.60. The van der Waals surface area contributed by atoms with Gasteiger partial charge in [-0.3, -0.25) is 0 Å². The van der Waals surface area contributed by atoms with E-state index in [1.807, 2.05) is 41.4 Å². The van der Waals surface area contributed by atoms with Crippen molar-refractivity contribution in [1.82, 2.24) is 9.55 Å². The monoisotopic (exact) mass is 293 g/mol. The van der Waals surface area contributed by atoms with Crippen LogP contribution in [0.4, 0.5) is 0 Å². The maximum absolute atomic E-state index is 5.79. The van der Waals surface area contributed by atoms with E-state index in [4.69, 9.17) is 18.0 Å². The molecule has 104 valence electrons. The molecular formula is C17H15N3S. The summed E-state index contributed by atoms with van der Waals surface area (Å²) in [5.41, 5.74) is 10.1. The van der Waals surface area contributed by atoms with Gasteiger partial charge in [-0.05, 0) is 16.7 Å². The second kappa shape index (κ2) is 5.89. The van der Waals surface area contributed by atoms with Crippen LogP contribution in [0.25, 0.3) is 11.1 Å². The number of rotatable bonds is 4. The molecule has 0 saturated heterocycles. The average Bonchev–Trinajstić information content (AvgIpc) is 3.01. The minimum absolute atomic E-state index is 0.424. The van der Waals surface area contributed by atoms with Crippen molar-refractivity contribution in [2.24, 2.45) is 5.73 Å². The van der Waals surface area contributed by atoms with Crippen molar-refractivity contribution in [2.45, 2.75) is 6.54 Å². The molecule has 2 N–H and O–H groups in total. The van der Waals surface area contributed by atoms with Gasteiger partial charge >= 0.3 is 0 Å². The SMILES string of the molecule is NC(=S)c1ccccc1-c1ccc(Cn2ccnc2)cc1. The normalized spacial score (nSPS) is 10.5. The van der Waals surface area contributed by atoms with E-state index in [9.17, 15) is 0 Å². The lowest BCUT2D eigenvalue weighted by molar-refractivity contribution is 0.797. The highest BCUT2D eigenvalue weighted by Crippen LogP contribution is 2.24. The second-order valence-electron chi connectivity index (χ2n) is 4.84. The summed E-state index contributed by atoms with van der Waals surface area (Å²) >= 11 is 5.12. The maximum atomic E-state index is 5.79. The van der Waals surface area contributed by atoms with Crippen LogP contribution >= 0.6 is 12.2 Å². The summed E-state index contributed by atoms with van der Waals surface area (Å²) in [5, 5.41) is 0. The molecule has 0 amide bonds. The lowest BCUT2D eigenvalue weighted by Gasteiger charge is -2.09. The summed E-state index contributed by atoms with van der Waals surface area (Å²) in [6.07, 6.45) is 5.55. The first kappa shape index (κ1) is 13.5. The molecule has 1 heterocycles. The molecule has 0 aliphatic rings. The van der Waals surface area contributed by atoms with Crippen molar-refractivity contribution >= 4 is 17.2 Å². The van der Waals surface area contributed by atoms with Crippen molar-refractivity contribution < 1.29 is 0 Å². The summed E-state index contributed by atoms with van der Waals surface area (Å²) in [6, 6.07) is 16.4. The highest BCUT2D eigenvalue weighted by Gasteiger charge is 2.06. The number of aromatic nitrogens is 2. The number of nitrogens with zero attached hydrogens (tertiary/aromatic N) is 2. The summed E-state index contributed by atoms with van der Waals surface area (Å²) in [7, 11) is 0. The van der Waals surface area contributed by atoms with Gasteiger partial charge in [-0.2, -0.15) is 0 Å². The van der Waals surface area contributed by atoms with Crippen LogP contribution in [0.1, 0.15) is 11.1 Å². The molecule has 3 rings (SSSR count). The molecule has 0 radical (unpaired) electrons. The van der Waals surface area contributed by atoms with Gasteiger partial charge in [0.2, 0.25) is 0 Å². The molecule has 3 aromatic rings. The smallest absolute Gasteiger partial charge is 0.104 e. The van der Waals surface area contributed by atoms with E-state index >= 15 is 0 Å². The Morgan fingerprint density at radius 1 is 1.10 bits per heavy atom. The molecule has 21 heavy (non-hydrogen) atoms. The van der Waals surface area contributed by atoms with Gasteiger partial charge in [-0.1, -0.05) is 60.7 Å². The Balaban J connectivity index is 1.89. The fourth-order valence-electron chi connectivity index (χ4n) is 2.33. The molecule has 1 aromatic heterocycles. The van der Waals surface area contributed by atoms with Crippen molar-refractivity contribution in [2.75, 3.05) is 0 Å². The number of hydrogen-bond donors (Lipinski definition) is 1. The number of nitrogens with two attached hydrogens (primary N) is 1. The number of imidazole rings is 1. The molecule has 0 unspecified atom stereocenters. The first-order valence-electron chi connectivity index (χ1n) is 6.68. The van der Waals surface area contributed by atoms with Crippen molar-refractivity contribution in [3.63, 3.8) is 0 Å². The van der Waals surface area contributed by atoms with Crippen molar-refractivity contribution in [3.8, 4) is 11.1 Å². The van der Waals surface area contributed by atoms with E-state index in [-0.39, 0.29) is 0 Å². The van der Waals surface area contributed by atoms with Crippen LogP contribution < -0.4 is 5.73 Å². The standard InChI is InChI=1S/C17H15N3S/c18-17(21)16-4-2-1-3-15(16)14-7-5-13(6-8-14)11-20-10-9-19-12-20/h1-10,12H,11H2,(H2,18,21). The first-order valence-corrected chi connectivity index (χ1v) is 7.09. The van der Waals surface area contributed by atoms with Crippen LogP contribution in [0.2, 0.25) is 0 Å². The van der Waals surface area contributed by atoms with Crippen molar-refractivity contribution in [3.05, 3.63) is 78.4 Å². The lowest BCUT2D eigenvalue weighted by Crippen LogP contribution is -2.10. The quantitative estimate of drug-likeness (QED) is 0.751. The van der Waals surface area contributed by atoms with Gasteiger partial charge in [0, 0.05) is 24.5 Å². The Labute approximate surface area is 129 Å². The molecule has 0 saturated carbocycles. The molecule has 0 atom stereocenters. The predicted molar refractivity (Wildman–Crippen MR) is 89.1 cm³/mol. The maximum Gasteiger partial charge on any atom is 0.104 e. The zero-order chi connectivity index (χ0) is 14.7. The number of benzene rings is 2. The van der Waals surface area contributed by atoms with E-state index in [1.165, 1.54) is 5.56 Å². The molecule has 2 aromatic carbocycles. The van der Waals surface area contributed by atoms with E-state index < -0.39 is 0 Å². The Bertz CT molecular complexity index is 746. The van der Waals surface area contributed by atoms with Crippen LogP contribution in [0.3, 0.4) is 0 Å². The molecule has 0 bridgehead atoms. The minimum Gasteiger partial charge on any atom is -0.389 e. The zero-order valence-corrected chi connectivity index (χ0v) is 12.3. The molecule has 3 nitrogen and oxygen atoms in total. The lowest BCUT2D eigenvalue weighted by atomic mass is 9.98. The highest BCUT2D eigenvalue weighted by atomic mass is 32.1. The Morgan fingerprint density at radius 2 is 1.86 bits per heavy atom. The van der Waals surface area contributed by atoms with Gasteiger partial charge in [0.15, 0.2) is 0 Å². The molecule has 0 aliphatic heterocycles. The fraction of sp³-hybridized carbons (Fsp3) is 0.0588. The van der Waals surface area contributed by atoms with Gasteiger partial charge in [0.25, 0.3) is 0 Å². The second-order valence-corrected chi connectivity index (χ2v) is 5.28. The summed E-state index contributed by atoms with van der Waals surface area (Å²) in [6.45, 7) is 0.817. The predicted octanol–water partition coefficient (Wildman–Crippen LogP) is 3.23. The third-order valence-electron chi connectivity index (χ3n) is 3.38. The highest BCUT2D eigenvalue weighted by molar-refractivity contribution is 7.80. The summed E-state index contributed by atoms with van der Waals surface area (Å²) in [5.74, 6) is 0. The van der Waals surface area contributed by atoms with E-state index in [0.717, 1.165) is 23.2 Å². The van der Waals surface area contributed by atoms with E-state index in [1.54, 1.807) is 6.20 Å². The molecule has 0 fully saturated rings. The molecule has 4 heteroatoms. The van der Waals surface area contributed by atoms with Crippen LogP contribution in [0, 0.1) is 0 Å². The van der Waals surface area contributed by atoms with Crippen molar-refractivity contribution in [1.29, 1.82) is 0 Å². The van der Waals surface area contributed by atoms with Gasteiger partial charge in [0.1, 0.15) is 4.99 Å². The van der Waals surface area contributed by atoms with Gasteiger partial charge < -0.3 is 10.3 Å². The van der Waals surface area contributed by atoms with E-state index in [2.05, 4.69) is 29.2 Å². The average molecular weight is 293 g/mol. The number of hydrogen-bond acceptors (Lipinski definition) is 2. The van der Waals surface area contributed by atoms with Crippen LogP contribution in [-0.2, 0) is 6.54 Å². The summed E-state index contributed by atoms with van der Waals surface area (Å²) in [4.78, 5) is 4.47. The first-order chi connectivity index (χ1) is 10.2. The largest absolute Gasteiger partial charge is 0.389 e. The van der Waals surface area contributed by atoms with E-state index in [0.29, 0.717) is 4.99 Å². The minimum atomic E-state index is 0.424. The van der Waals surface area contributed by atoms with Gasteiger partial charge in [-0.25, -0.2) is 4.98 Å². The Hall–Kier alpha value is -2.46. The fourth-order valence-corrected chi connectivity index (χ4v) is 2.51. The molecule has 0 spiro atoms. The van der Waals surface area contributed by atoms with Crippen LogP contribution in [0.15, 0.2) is 67.3 Å².